The molecule has 1 aliphatic rings. The summed E-state index contributed by atoms with van der Waals surface area (Å²) in [7, 11) is 0. The molecule has 1 amide bonds. The zero-order valence-corrected chi connectivity index (χ0v) is 12.9. The fourth-order valence-electron chi connectivity index (χ4n) is 2.40. The Hall–Kier alpha value is -1.30. The van der Waals surface area contributed by atoms with Crippen LogP contribution in [0.2, 0.25) is 0 Å². The van der Waals surface area contributed by atoms with E-state index in [9.17, 15) is 9.59 Å². The molecule has 1 N–H and O–H groups in total. The highest BCUT2D eigenvalue weighted by molar-refractivity contribution is 5.69. The Labute approximate surface area is 120 Å². The lowest BCUT2D eigenvalue weighted by atomic mass is 10.2. The highest BCUT2D eigenvalue weighted by Crippen LogP contribution is 2.19. The topological polar surface area (TPSA) is 70.1 Å². The quantitative estimate of drug-likeness (QED) is 0.834. The zero-order valence-electron chi connectivity index (χ0n) is 12.9. The normalized spacial score (nSPS) is 19.9. The molecule has 116 valence electrons. The van der Waals surface area contributed by atoms with Crippen LogP contribution < -0.4 is 0 Å². The van der Waals surface area contributed by atoms with Gasteiger partial charge in [-0.1, -0.05) is 0 Å². The minimum Gasteiger partial charge on any atom is -0.480 e. The summed E-state index contributed by atoms with van der Waals surface area (Å²) in [5.74, 6) is -0.822. The second kappa shape index (κ2) is 6.92. The highest BCUT2D eigenvalue weighted by atomic mass is 16.6. The number of ether oxygens (including phenoxy) is 1. The summed E-state index contributed by atoms with van der Waals surface area (Å²) in [6.07, 6.45) is 1.57. The van der Waals surface area contributed by atoms with Crippen molar-refractivity contribution in [2.75, 3.05) is 26.2 Å². The Morgan fingerprint density at radius 2 is 2.05 bits per heavy atom. The number of carbonyl (C=O) groups excluding carboxylic acids is 1. The Bertz CT molecular complexity index is 352. The Balaban J connectivity index is 2.58. The Kier molecular flexibility index (Phi) is 5.80. The number of rotatable bonds is 5. The lowest BCUT2D eigenvalue weighted by Crippen LogP contribution is -2.46. The first kappa shape index (κ1) is 16.8. The summed E-state index contributed by atoms with van der Waals surface area (Å²) in [6, 6.07) is 0.110. The molecule has 1 heterocycles. The van der Waals surface area contributed by atoms with E-state index in [4.69, 9.17) is 9.84 Å². The van der Waals surface area contributed by atoms with E-state index < -0.39 is 11.6 Å². The van der Waals surface area contributed by atoms with E-state index in [1.165, 1.54) is 0 Å². The average Bonchev–Trinajstić information content (AvgIpc) is 2.69. The van der Waals surface area contributed by atoms with E-state index in [1.54, 1.807) is 4.90 Å². The van der Waals surface area contributed by atoms with Crippen LogP contribution in [0.25, 0.3) is 0 Å². The first-order chi connectivity index (χ1) is 9.23. The second-order valence-corrected chi connectivity index (χ2v) is 6.18. The molecule has 0 spiro atoms. The number of carboxylic acids is 1. The molecule has 1 saturated heterocycles. The predicted octanol–water partition coefficient (Wildman–Crippen LogP) is 1.79. The summed E-state index contributed by atoms with van der Waals surface area (Å²) >= 11 is 0. The number of hydrogen-bond acceptors (Lipinski definition) is 4. The van der Waals surface area contributed by atoms with Crippen molar-refractivity contribution in [3.63, 3.8) is 0 Å². The summed E-state index contributed by atoms with van der Waals surface area (Å²) in [5, 5.41) is 8.90. The Morgan fingerprint density at radius 3 is 2.55 bits per heavy atom. The molecule has 0 aliphatic carbocycles. The number of likely N-dealkylation sites (tertiary alicyclic amines) is 1. The van der Waals surface area contributed by atoms with Crippen LogP contribution in [0.15, 0.2) is 0 Å². The number of hydrogen-bond donors (Lipinski definition) is 1. The third-order valence-electron chi connectivity index (χ3n) is 3.30. The van der Waals surface area contributed by atoms with Gasteiger partial charge >= 0.3 is 12.1 Å². The third-order valence-corrected chi connectivity index (χ3v) is 3.30. The fourth-order valence-corrected chi connectivity index (χ4v) is 2.40. The molecule has 0 aromatic rings. The maximum Gasteiger partial charge on any atom is 0.410 e. The number of likely N-dealkylation sites (N-methyl/N-ethyl adjacent to an activating group) is 1. The summed E-state index contributed by atoms with van der Waals surface area (Å²) in [4.78, 5) is 26.5. The Morgan fingerprint density at radius 1 is 1.40 bits per heavy atom. The monoisotopic (exact) mass is 286 g/mol. The van der Waals surface area contributed by atoms with Gasteiger partial charge in [0.25, 0.3) is 0 Å². The molecule has 0 aromatic carbocycles. The van der Waals surface area contributed by atoms with Gasteiger partial charge in [0.2, 0.25) is 0 Å². The highest BCUT2D eigenvalue weighted by Gasteiger charge is 2.30. The molecule has 6 nitrogen and oxygen atoms in total. The van der Waals surface area contributed by atoms with Crippen LogP contribution in [0.5, 0.6) is 0 Å². The molecular formula is C14H26N2O4. The van der Waals surface area contributed by atoms with E-state index in [0.29, 0.717) is 13.1 Å². The van der Waals surface area contributed by atoms with Gasteiger partial charge in [0, 0.05) is 19.1 Å². The van der Waals surface area contributed by atoms with Crippen molar-refractivity contribution in [1.82, 2.24) is 9.80 Å². The largest absolute Gasteiger partial charge is 0.480 e. The molecule has 1 fully saturated rings. The maximum absolute atomic E-state index is 12.1. The number of nitrogens with zero attached hydrogens (tertiary/aromatic N) is 2. The summed E-state index contributed by atoms with van der Waals surface area (Å²) < 4.78 is 5.37. The van der Waals surface area contributed by atoms with Gasteiger partial charge in [-0.25, -0.2) is 4.79 Å². The van der Waals surface area contributed by atoms with Crippen molar-refractivity contribution in [2.24, 2.45) is 0 Å². The minimum absolute atomic E-state index is 0.0382. The first-order valence-corrected chi connectivity index (χ1v) is 7.16. The van der Waals surface area contributed by atoms with Crippen molar-refractivity contribution < 1.29 is 19.4 Å². The SMILES string of the molecule is CCN(C[C@@H]1CCCN1CC(=O)O)C(=O)OC(C)(C)C. The molecule has 0 radical (unpaired) electrons. The van der Waals surface area contributed by atoms with Gasteiger partial charge in [0.05, 0.1) is 6.54 Å². The van der Waals surface area contributed by atoms with Gasteiger partial charge in [-0.15, -0.1) is 0 Å². The van der Waals surface area contributed by atoms with Gasteiger partial charge in [0.15, 0.2) is 0 Å². The molecule has 20 heavy (non-hydrogen) atoms. The van der Waals surface area contributed by atoms with Gasteiger partial charge < -0.3 is 14.7 Å². The molecule has 1 atom stereocenters. The van der Waals surface area contributed by atoms with Crippen molar-refractivity contribution in [1.29, 1.82) is 0 Å². The van der Waals surface area contributed by atoms with E-state index in [0.717, 1.165) is 19.4 Å². The zero-order chi connectivity index (χ0) is 15.3. The number of carboxylic acid groups (broad SMARTS) is 1. The van der Waals surface area contributed by atoms with Crippen LogP contribution in [0.4, 0.5) is 4.79 Å². The molecular weight excluding hydrogens is 260 g/mol. The van der Waals surface area contributed by atoms with Crippen molar-refractivity contribution in [2.45, 2.75) is 52.2 Å². The molecule has 0 saturated carbocycles. The van der Waals surface area contributed by atoms with Gasteiger partial charge in [-0.3, -0.25) is 9.69 Å². The fraction of sp³-hybridized carbons (Fsp3) is 0.857. The number of amides is 1. The van der Waals surface area contributed by atoms with Crippen LogP contribution >= 0.6 is 0 Å². The van der Waals surface area contributed by atoms with Crippen LogP contribution in [0, 0.1) is 0 Å². The van der Waals surface area contributed by atoms with Gasteiger partial charge in [0.1, 0.15) is 5.60 Å². The molecule has 0 aromatic heterocycles. The number of carbonyl (C=O) groups is 2. The third kappa shape index (κ3) is 5.36. The second-order valence-electron chi connectivity index (χ2n) is 6.18. The molecule has 6 heteroatoms. The van der Waals surface area contributed by atoms with Crippen molar-refractivity contribution in [3.8, 4) is 0 Å². The smallest absolute Gasteiger partial charge is 0.410 e. The van der Waals surface area contributed by atoms with Crippen LogP contribution in [0.3, 0.4) is 0 Å². The minimum atomic E-state index is -0.822. The van der Waals surface area contributed by atoms with Gasteiger partial charge in [-0.2, -0.15) is 0 Å². The molecule has 0 bridgehead atoms. The van der Waals surface area contributed by atoms with Crippen LogP contribution in [-0.2, 0) is 9.53 Å². The molecule has 1 aliphatic heterocycles. The van der Waals surface area contributed by atoms with Crippen LogP contribution in [0.1, 0.15) is 40.5 Å². The average molecular weight is 286 g/mol. The maximum atomic E-state index is 12.1. The first-order valence-electron chi connectivity index (χ1n) is 7.16. The molecule has 0 unspecified atom stereocenters. The van der Waals surface area contributed by atoms with Crippen LogP contribution in [-0.4, -0.2) is 64.8 Å². The van der Waals surface area contributed by atoms with Crippen molar-refractivity contribution in [3.05, 3.63) is 0 Å². The number of aliphatic carboxylic acids is 1. The van der Waals surface area contributed by atoms with Crippen molar-refractivity contribution >= 4 is 12.1 Å². The molecule has 1 rings (SSSR count). The standard InChI is InChI=1S/C14H26N2O4/c1-5-15(13(19)20-14(2,3)4)9-11-7-6-8-16(11)10-12(17)18/h11H,5-10H2,1-4H3,(H,17,18)/t11-/m0/s1. The summed E-state index contributed by atoms with van der Waals surface area (Å²) in [5.41, 5.74) is -0.513. The predicted molar refractivity (Wildman–Crippen MR) is 75.7 cm³/mol. The van der Waals surface area contributed by atoms with E-state index in [-0.39, 0.29) is 18.7 Å². The van der Waals surface area contributed by atoms with E-state index in [1.807, 2.05) is 32.6 Å². The van der Waals surface area contributed by atoms with Gasteiger partial charge in [-0.05, 0) is 47.1 Å². The summed E-state index contributed by atoms with van der Waals surface area (Å²) in [6.45, 7) is 9.33. The lowest BCUT2D eigenvalue weighted by molar-refractivity contribution is -0.138. The van der Waals surface area contributed by atoms with E-state index in [2.05, 4.69) is 0 Å². The van der Waals surface area contributed by atoms with E-state index >= 15 is 0 Å². The lowest BCUT2D eigenvalue weighted by Gasteiger charge is -2.31.